The van der Waals surface area contributed by atoms with E-state index in [4.69, 9.17) is 0 Å². The third kappa shape index (κ3) is 4.43. The first-order chi connectivity index (χ1) is 17.4. The average molecular weight is 480 g/mol. The molecule has 2 N–H and O–H groups in total. The molecule has 3 aromatic carbocycles. The predicted molar refractivity (Wildman–Crippen MR) is 138 cm³/mol. The number of fused-ring (bicyclic) bond motifs is 1. The number of allylic oxidation sites excluding steroid dienone is 2. The van der Waals surface area contributed by atoms with Gasteiger partial charge in [-0.1, -0.05) is 42.0 Å². The van der Waals surface area contributed by atoms with Crippen molar-refractivity contribution in [3.63, 3.8) is 0 Å². The summed E-state index contributed by atoms with van der Waals surface area (Å²) >= 11 is 0. The first-order valence-corrected chi connectivity index (χ1v) is 11.8. The highest BCUT2D eigenvalue weighted by molar-refractivity contribution is 6.25. The first kappa shape index (κ1) is 23.2. The van der Waals surface area contributed by atoms with Crippen LogP contribution in [0.25, 0.3) is 0 Å². The van der Waals surface area contributed by atoms with Gasteiger partial charge in [-0.3, -0.25) is 19.2 Å². The Kier molecular flexibility index (Phi) is 6.21. The smallest absolute Gasteiger partial charge is 0.257 e. The van der Waals surface area contributed by atoms with Crippen LogP contribution in [0.5, 0.6) is 0 Å². The molecule has 1 fully saturated rings. The highest BCUT2D eigenvalue weighted by atomic mass is 16.2. The summed E-state index contributed by atoms with van der Waals surface area (Å²) in [6.07, 6.45) is 3.12. The fourth-order valence-corrected chi connectivity index (χ4v) is 4.76. The Hall–Kier alpha value is -4.52. The molecule has 1 saturated heterocycles. The van der Waals surface area contributed by atoms with Gasteiger partial charge in [0.1, 0.15) is 0 Å². The minimum Gasteiger partial charge on any atom is -0.322 e. The molecule has 36 heavy (non-hydrogen) atoms. The number of hydrogen-bond acceptors (Lipinski definition) is 4. The van der Waals surface area contributed by atoms with Crippen molar-refractivity contribution in [3.05, 3.63) is 102 Å². The van der Waals surface area contributed by atoms with Crippen LogP contribution in [0.1, 0.15) is 40.5 Å². The number of benzene rings is 3. The van der Waals surface area contributed by atoms with E-state index in [-0.39, 0.29) is 35.1 Å². The molecule has 3 aromatic rings. The predicted octanol–water partition coefficient (Wildman–Crippen LogP) is 5.04. The van der Waals surface area contributed by atoms with Crippen LogP contribution in [0.2, 0.25) is 0 Å². The molecule has 0 unspecified atom stereocenters. The monoisotopic (exact) mass is 479 g/mol. The number of nitrogens with one attached hydrogen (secondary N) is 2. The quantitative estimate of drug-likeness (QED) is 0.396. The second-order valence-electron chi connectivity index (χ2n) is 9.08. The van der Waals surface area contributed by atoms with Crippen LogP contribution in [0.15, 0.2) is 90.5 Å². The van der Waals surface area contributed by atoms with Crippen LogP contribution >= 0.6 is 0 Å². The van der Waals surface area contributed by atoms with Gasteiger partial charge in [-0.15, -0.1) is 0 Å². The van der Waals surface area contributed by atoms with Gasteiger partial charge in [0, 0.05) is 16.9 Å². The third-order valence-electron chi connectivity index (χ3n) is 6.65. The number of rotatable bonds is 5. The summed E-state index contributed by atoms with van der Waals surface area (Å²) in [5.41, 5.74) is 3.28. The van der Waals surface area contributed by atoms with Crippen molar-refractivity contribution >= 4 is 40.7 Å². The summed E-state index contributed by atoms with van der Waals surface area (Å²) in [5.74, 6) is -1.93. The van der Waals surface area contributed by atoms with E-state index >= 15 is 0 Å². The van der Waals surface area contributed by atoms with Crippen molar-refractivity contribution in [2.45, 2.75) is 19.8 Å². The summed E-state index contributed by atoms with van der Waals surface area (Å²) in [6.45, 7) is 1.97. The lowest BCUT2D eigenvalue weighted by Crippen LogP contribution is -2.33. The summed E-state index contributed by atoms with van der Waals surface area (Å²) in [6, 6.07) is 22.3. The van der Waals surface area contributed by atoms with Crippen molar-refractivity contribution in [1.82, 2.24) is 0 Å². The van der Waals surface area contributed by atoms with E-state index in [1.54, 1.807) is 72.8 Å². The largest absolute Gasteiger partial charge is 0.322 e. The van der Waals surface area contributed by atoms with Crippen molar-refractivity contribution in [1.29, 1.82) is 0 Å². The van der Waals surface area contributed by atoms with E-state index in [9.17, 15) is 19.2 Å². The molecule has 0 saturated carbocycles. The number of amides is 4. The van der Waals surface area contributed by atoms with Crippen LogP contribution in [0.4, 0.5) is 17.1 Å². The lowest BCUT2D eigenvalue weighted by atomic mass is 9.82. The molecule has 4 amide bonds. The normalized spacial score (nSPS) is 18.9. The summed E-state index contributed by atoms with van der Waals surface area (Å²) in [4.78, 5) is 53.0. The fourth-order valence-electron chi connectivity index (χ4n) is 4.76. The molecule has 0 radical (unpaired) electrons. The zero-order chi connectivity index (χ0) is 25.2. The molecular weight excluding hydrogens is 454 g/mol. The topological polar surface area (TPSA) is 95.6 Å². The minimum absolute atomic E-state index is 0.229. The molecule has 7 nitrogen and oxygen atoms in total. The summed E-state index contributed by atoms with van der Waals surface area (Å²) in [7, 11) is 0. The van der Waals surface area contributed by atoms with Gasteiger partial charge < -0.3 is 10.6 Å². The Morgan fingerprint density at radius 3 is 2.03 bits per heavy atom. The zero-order valence-electron chi connectivity index (χ0n) is 19.7. The molecule has 0 spiro atoms. The van der Waals surface area contributed by atoms with E-state index in [1.807, 2.05) is 19.1 Å². The Morgan fingerprint density at radius 1 is 0.750 bits per heavy atom. The number of nitrogens with zero attached hydrogens (tertiary/aromatic N) is 1. The molecule has 0 bridgehead atoms. The van der Waals surface area contributed by atoms with E-state index in [2.05, 4.69) is 10.6 Å². The molecule has 1 aliphatic carbocycles. The van der Waals surface area contributed by atoms with Crippen molar-refractivity contribution < 1.29 is 19.2 Å². The summed E-state index contributed by atoms with van der Waals surface area (Å²) in [5, 5.41) is 5.64. The number of imide groups is 1. The standard InChI is InChI=1S/C29H25N3O4/c1-18-11-16-22-24(17-18)29(36)32(28(22)35)25-10-6-5-9-23(25)27(34)31-21-14-12-20(13-15-21)30-26(33)19-7-3-2-4-8-19/h2-15,22,24H,16-17H2,1H3,(H,30,33)(H,31,34)/t22-,24-/m0/s1. The van der Waals surface area contributed by atoms with Gasteiger partial charge in [0.05, 0.1) is 23.1 Å². The average Bonchev–Trinajstić information content (AvgIpc) is 3.14. The van der Waals surface area contributed by atoms with Crippen LogP contribution in [-0.2, 0) is 9.59 Å². The third-order valence-corrected chi connectivity index (χ3v) is 6.65. The van der Waals surface area contributed by atoms with Crippen LogP contribution in [-0.4, -0.2) is 23.6 Å². The van der Waals surface area contributed by atoms with Crippen LogP contribution < -0.4 is 15.5 Å². The number of hydrogen-bond donors (Lipinski definition) is 2. The maximum atomic E-state index is 13.2. The Balaban J connectivity index is 1.31. The van der Waals surface area contributed by atoms with Gasteiger partial charge in [-0.05, 0) is 68.3 Å². The molecule has 2 atom stereocenters. The van der Waals surface area contributed by atoms with Gasteiger partial charge in [0.2, 0.25) is 11.8 Å². The number of anilines is 3. The molecule has 0 aromatic heterocycles. The lowest BCUT2D eigenvalue weighted by molar-refractivity contribution is -0.122. The van der Waals surface area contributed by atoms with Crippen LogP contribution in [0.3, 0.4) is 0 Å². The van der Waals surface area contributed by atoms with Crippen molar-refractivity contribution in [2.75, 3.05) is 15.5 Å². The SMILES string of the molecule is CC1=CC[C@@H]2C(=O)N(c3ccccc3C(=O)Nc3ccc(NC(=O)c4ccccc4)cc3)C(=O)[C@H]2C1. The maximum absolute atomic E-state index is 13.2. The fraction of sp³-hybridized carbons (Fsp3) is 0.172. The van der Waals surface area contributed by atoms with Crippen molar-refractivity contribution in [3.8, 4) is 0 Å². The summed E-state index contributed by atoms with van der Waals surface area (Å²) < 4.78 is 0. The van der Waals surface area contributed by atoms with E-state index in [1.165, 1.54) is 4.90 Å². The molecular formula is C29H25N3O4. The Bertz CT molecular complexity index is 1380. The minimum atomic E-state index is -0.434. The molecule has 2 aliphatic rings. The van der Waals surface area contributed by atoms with Gasteiger partial charge in [0.15, 0.2) is 0 Å². The lowest BCUT2D eigenvalue weighted by Gasteiger charge is -2.19. The van der Waals surface area contributed by atoms with Crippen molar-refractivity contribution in [2.24, 2.45) is 11.8 Å². The highest BCUT2D eigenvalue weighted by Gasteiger charge is 2.49. The first-order valence-electron chi connectivity index (χ1n) is 11.8. The van der Waals surface area contributed by atoms with Crippen LogP contribution in [0, 0.1) is 11.8 Å². The van der Waals surface area contributed by atoms with E-state index < -0.39 is 5.91 Å². The number of para-hydroxylation sites is 1. The Morgan fingerprint density at radius 2 is 1.33 bits per heavy atom. The van der Waals surface area contributed by atoms with Gasteiger partial charge in [0.25, 0.3) is 11.8 Å². The number of carbonyl (C=O) groups excluding carboxylic acids is 4. The second-order valence-corrected chi connectivity index (χ2v) is 9.08. The highest BCUT2D eigenvalue weighted by Crippen LogP contribution is 2.40. The molecule has 7 heteroatoms. The maximum Gasteiger partial charge on any atom is 0.257 e. The van der Waals surface area contributed by atoms with Gasteiger partial charge in [-0.2, -0.15) is 0 Å². The van der Waals surface area contributed by atoms with E-state index in [0.29, 0.717) is 35.5 Å². The zero-order valence-corrected chi connectivity index (χ0v) is 19.7. The Labute approximate surface area is 208 Å². The van der Waals surface area contributed by atoms with E-state index in [0.717, 1.165) is 5.57 Å². The molecule has 1 aliphatic heterocycles. The molecule has 5 rings (SSSR count). The number of carbonyl (C=O) groups is 4. The molecule has 1 heterocycles. The second kappa shape index (κ2) is 9.62. The van der Waals surface area contributed by atoms with Gasteiger partial charge in [-0.25, -0.2) is 4.90 Å². The molecule has 180 valence electrons. The van der Waals surface area contributed by atoms with Gasteiger partial charge >= 0.3 is 0 Å².